The van der Waals surface area contributed by atoms with E-state index in [1.54, 1.807) is 0 Å². The lowest BCUT2D eigenvalue weighted by molar-refractivity contribution is 0.172. The Bertz CT molecular complexity index is 183. The van der Waals surface area contributed by atoms with E-state index < -0.39 is 0 Å². The van der Waals surface area contributed by atoms with Gasteiger partial charge in [0.25, 0.3) is 0 Å². The van der Waals surface area contributed by atoms with Crippen LogP contribution in [0.4, 0.5) is 0 Å². The number of hydrogen-bond acceptors (Lipinski definition) is 3. The van der Waals surface area contributed by atoms with Gasteiger partial charge in [0.05, 0.1) is 0 Å². The second kappa shape index (κ2) is 7.25. The number of nitrogens with zero attached hydrogens (tertiary/aromatic N) is 2. The fraction of sp³-hybridized carbons (Fsp3) is 1.00. The quantitative estimate of drug-likeness (QED) is 0.711. The van der Waals surface area contributed by atoms with Crippen molar-refractivity contribution in [3.8, 4) is 0 Å². The van der Waals surface area contributed by atoms with Crippen LogP contribution < -0.4 is 0 Å². The van der Waals surface area contributed by atoms with E-state index in [1.165, 1.54) is 32.5 Å². The molecular formula is C13H28N2O. The van der Waals surface area contributed by atoms with E-state index in [2.05, 4.69) is 30.8 Å². The van der Waals surface area contributed by atoms with E-state index in [1.807, 2.05) is 0 Å². The highest BCUT2D eigenvalue weighted by atomic mass is 16.3. The first-order valence-electron chi connectivity index (χ1n) is 6.63. The van der Waals surface area contributed by atoms with Crippen molar-refractivity contribution in [2.24, 2.45) is 11.8 Å². The Hall–Kier alpha value is -0.120. The summed E-state index contributed by atoms with van der Waals surface area (Å²) in [5.74, 6) is 1.35. The van der Waals surface area contributed by atoms with Gasteiger partial charge in [-0.15, -0.1) is 0 Å². The van der Waals surface area contributed by atoms with Crippen LogP contribution in [0.2, 0.25) is 0 Å². The van der Waals surface area contributed by atoms with Gasteiger partial charge in [-0.25, -0.2) is 0 Å². The summed E-state index contributed by atoms with van der Waals surface area (Å²) in [7, 11) is 4.39. The zero-order valence-corrected chi connectivity index (χ0v) is 11.2. The Morgan fingerprint density at radius 1 is 1.50 bits per heavy atom. The molecule has 0 bridgehead atoms. The zero-order valence-electron chi connectivity index (χ0n) is 11.2. The predicted octanol–water partition coefficient (Wildman–Crippen LogP) is 1.28. The molecule has 96 valence electrons. The number of hydrogen-bond donors (Lipinski definition) is 1. The van der Waals surface area contributed by atoms with Crippen molar-refractivity contribution >= 4 is 0 Å². The van der Waals surface area contributed by atoms with Gasteiger partial charge < -0.3 is 14.9 Å². The minimum atomic E-state index is 0.326. The molecule has 0 aromatic carbocycles. The fourth-order valence-electron chi connectivity index (χ4n) is 2.51. The largest absolute Gasteiger partial charge is 0.396 e. The molecule has 1 fully saturated rings. The van der Waals surface area contributed by atoms with Crippen molar-refractivity contribution in [3.63, 3.8) is 0 Å². The molecule has 0 amide bonds. The van der Waals surface area contributed by atoms with E-state index >= 15 is 0 Å². The van der Waals surface area contributed by atoms with Crippen molar-refractivity contribution in [3.05, 3.63) is 0 Å². The van der Waals surface area contributed by atoms with E-state index in [0.717, 1.165) is 18.9 Å². The van der Waals surface area contributed by atoms with Gasteiger partial charge in [0.15, 0.2) is 0 Å². The number of aliphatic hydroxyl groups excluding tert-OH is 1. The molecule has 1 aliphatic heterocycles. The Labute approximate surface area is 100 Å². The molecule has 16 heavy (non-hydrogen) atoms. The minimum Gasteiger partial charge on any atom is -0.396 e. The predicted molar refractivity (Wildman–Crippen MR) is 68.6 cm³/mol. The van der Waals surface area contributed by atoms with Crippen LogP contribution in [0.3, 0.4) is 0 Å². The molecular weight excluding hydrogens is 200 g/mol. The second-order valence-corrected chi connectivity index (χ2v) is 5.42. The molecule has 3 nitrogen and oxygen atoms in total. The van der Waals surface area contributed by atoms with Gasteiger partial charge in [-0.05, 0) is 58.3 Å². The Balaban J connectivity index is 2.12. The molecule has 1 aliphatic rings. The molecule has 0 aromatic rings. The van der Waals surface area contributed by atoms with Gasteiger partial charge in [0, 0.05) is 19.7 Å². The molecule has 0 aromatic heterocycles. The van der Waals surface area contributed by atoms with Gasteiger partial charge >= 0.3 is 0 Å². The lowest BCUT2D eigenvalue weighted by Crippen LogP contribution is -2.29. The number of likely N-dealkylation sites (tertiary alicyclic amines) is 1. The van der Waals surface area contributed by atoms with Gasteiger partial charge in [-0.1, -0.05) is 6.92 Å². The summed E-state index contributed by atoms with van der Waals surface area (Å²) in [5.41, 5.74) is 0. The number of rotatable bonds is 7. The molecule has 2 atom stereocenters. The molecule has 1 saturated heterocycles. The van der Waals surface area contributed by atoms with Crippen molar-refractivity contribution in [2.75, 3.05) is 46.9 Å². The zero-order chi connectivity index (χ0) is 12.0. The Morgan fingerprint density at radius 2 is 2.25 bits per heavy atom. The van der Waals surface area contributed by atoms with Crippen LogP contribution in [0.15, 0.2) is 0 Å². The summed E-state index contributed by atoms with van der Waals surface area (Å²) < 4.78 is 0. The topological polar surface area (TPSA) is 26.7 Å². The molecule has 3 heteroatoms. The third kappa shape index (κ3) is 4.81. The monoisotopic (exact) mass is 228 g/mol. The van der Waals surface area contributed by atoms with Crippen molar-refractivity contribution in [2.45, 2.75) is 26.2 Å². The molecule has 1 heterocycles. The van der Waals surface area contributed by atoms with Crippen LogP contribution >= 0.6 is 0 Å². The summed E-state index contributed by atoms with van der Waals surface area (Å²) >= 11 is 0. The van der Waals surface area contributed by atoms with Crippen LogP contribution in [0.1, 0.15) is 26.2 Å². The smallest absolute Gasteiger partial charge is 0.0471 e. The lowest BCUT2D eigenvalue weighted by atomic mass is 10.0. The van der Waals surface area contributed by atoms with E-state index in [4.69, 9.17) is 5.11 Å². The SMILES string of the molecule is CCC(CO)CN(C)CCC1CCN(C)C1. The van der Waals surface area contributed by atoms with Crippen LogP contribution in [0.25, 0.3) is 0 Å². The van der Waals surface area contributed by atoms with Gasteiger partial charge in [0.1, 0.15) is 0 Å². The van der Waals surface area contributed by atoms with Crippen molar-refractivity contribution < 1.29 is 5.11 Å². The second-order valence-electron chi connectivity index (χ2n) is 5.42. The lowest BCUT2D eigenvalue weighted by Gasteiger charge is -2.23. The third-order valence-electron chi connectivity index (χ3n) is 3.81. The fourth-order valence-corrected chi connectivity index (χ4v) is 2.51. The summed E-state index contributed by atoms with van der Waals surface area (Å²) in [4.78, 5) is 4.80. The normalized spacial score (nSPS) is 24.2. The third-order valence-corrected chi connectivity index (χ3v) is 3.81. The molecule has 1 N–H and O–H groups in total. The Kier molecular flexibility index (Phi) is 6.32. The van der Waals surface area contributed by atoms with E-state index in [0.29, 0.717) is 12.5 Å². The molecule has 0 saturated carbocycles. The first-order chi connectivity index (χ1) is 7.65. The summed E-state index contributed by atoms with van der Waals surface area (Å²) in [6.07, 6.45) is 3.75. The highest BCUT2D eigenvalue weighted by Gasteiger charge is 2.19. The highest BCUT2D eigenvalue weighted by molar-refractivity contribution is 4.74. The molecule has 1 rings (SSSR count). The highest BCUT2D eigenvalue weighted by Crippen LogP contribution is 2.18. The van der Waals surface area contributed by atoms with Gasteiger partial charge in [-0.3, -0.25) is 0 Å². The van der Waals surface area contributed by atoms with Gasteiger partial charge in [0.2, 0.25) is 0 Å². The van der Waals surface area contributed by atoms with Gasteiger partial charge in [-0.2, -0.15) is 0 Å². The van der Waals surface area contributed by atoms with Crippen LogP contribution in [0.5, 0.6) is 0 Å². The maximum atomic E-state index is 9.16. The summed E-state index contributed by atoms with van der Waals surface area (Å²) in [6, 6.07) is 0. The van der Waals surface area contributed by atoms with Crippen molar-refractivity contribution in [1.29, 1.82) is 0 Å². The van der Waals surface area contributed by atoms with Crippen LogP contribution in [-0.2, 0) is 0 Å². The number of aliphatic hydroxyl groups is 1. The standard InChI is InChI=1S/C13H28N2O/c1-4-12(11-16)9-14(2)7-5-13-6-8-15(3)10-13/h12-13,16H,4-11H2,1-3H3. The van der Waals surface area contributed by atoms with Crippen molar-refractivity contribution in [1.82, 2.24) is 9.80 Å². The van der Waals surface area contributed by atoms with E-state index in [9.17, 15) is 0 Å². The first-order valence-corrected chi connectivity index (χ1v) is 6.63. The average Bonchev–Trinajstić information content (AvgIpc) is 2.69. The Morgan fingerprint density at radius 3 is 2.75 bits per heavy atom. The molecule has 0 radical (unpaired) electrons. The summed E-state index contributed by atoms with van der Waals surface area (Å²) in [6.45, 7) is 7.23. The average molecular weight is 228 g/mol. The van der Waals surface area contributed by atoms with Crippen LogP contribution in [-0.4, -0.2) is 61.8 Å². The van der Waals surface area contributed by atoms with Crippen LogP contribution in [0, 0.1) is 11.8 Å². The van der Waals surface area contributed by atoms with E-state index in [-0.39, 0.29) is 0 Å². The molecule has 2 unspecified atom stereocenters. The summed E-state index contributed by atoms with van der Waals surface area (Å²) in [5, 5.41) is 9.16. The minimum absolute atomic E-state index is 0.326. The molecule has 0 spiro atoms. The molecule has 0 aliphatic carbocycles. The maximum absolute atomic E-state index is 9.16. The first kappa shape index (κ1) is 13.9. The maximum Gasteiger partial charge on any atom is 0.0471 e.